The molecule has 0 radical (unpaired) electrons. The van der Waals surface area contributed by atoms with Crippen LogP contribution in [0.25, 0.3) is 0 Å². The van der Waals surface area contributed by atoms with Gasteiger partial charge in [-0.3, -0.25) is 13.3 Å². The third-order valence-electron chi connectivity index (χ3n) is 1.43. The standard InChI is InChI=1S/C5HF13O3Si/c6-1(7)2(8,9)22(19-3(10,11)12,20-4(13,14)15)21-5(16,17)18/h1H. The van der Waals surface area contributed by atoms with Gasteiger partial charge in [-0.1, -0.05) is 0 Å². The first-order valence-corrected chi connectivity index (χ1v) is 6.00. The van der Waals surface area contributed by atoms with Crippen LogP contribution in [0.5, 0.6) is 0 Å². The normalized spacial score (nSPS) is 15.5. The van der Waals surface area contributed by atoms with Crippen molar-refractivity contribution < 1.29 is 70.4 Å². The third kappa shape index (κ3) is 6.13. The summed E-state index contributed by atoms with van der Waals surface area (Å²) in [6.45, 7) is 0. The van der Waals surface area contributed by atoms with Gasteiger partial charge in [-0.05, 0) is 0 Å². The molecule has 0 aromatic heterocycles. The van der Waals surface area contributed by atoms with Crippen LogP contribution in [-0.4, -0.2) is 39.9 Å². The SMILES string of the molecule is FC(F)C(F)(F)[Si](OC(F)(F)F)(OC(F)(F)F)OC(F)(F)F. The van der Waals surface area contributed by atoms with Gasteiger partial charge < -0.3 is 0 Å². The molecule has 22 heavy (non-hydrogen) atoms. The number of hydrogen-bond donors (Lipinski definition) is 0. The van der Waals surface area contributed by atoms with E-state index in [-0.39, 0.29) is 0 Å². The second-order valence-corrected chi connectivity index (χ2v) is 5.51. The van der Waals surface area contributed by atoms with E-state index >= 15 is 0 Å². The lowest BCUT2D eigenvalue weighted by Gasteiger charge is -2.35. The maximum Gasteiger partial charge on any atom is 0.600 e. The fourth-order valence-electron chi connectivity index (χ4n) is 0.857. The van der Waals surface area contributed by atoms with Gasteiger partial charge in [0, 0.05) is 0 Å². The van der Waals surface area contributed by atoms with Crippen LogP contribution in [0.2, 0.25) is 0 Å². The zero-order valence-corrected chi connectivity index (χ0v) is 10.2. The first kappa shape index (κ1) is 21.2. The predicted molar refractivity (Wildman–Crippen MR) is 38.1 cm³/mol. The summed E-state index contributed by atoms with van der Waals surface area (Å²) in [6, 6.07) is 0. The lowest BCUT2D eigenvalue weighted by molar-refractivity contribution is -0.381. The molecule has 3 nitrogen and oxygen atoms in total. The highest BCUT2D eigenvalue weighted by molar-refractivity contribution is 6.63. The average molecular weight is 384 g/mol. The van der Waals surface area contributed by atoms with Crippen LogP contribution >= 0.6 is 0 Å². The Labute approximate surface area is 111 Å². The average Bonchev–Trinajstić information content (AvgIpc) is 2.07. The summed E-state index contributed by atoms with van der Waals surface area (Å²) in [7, 11) is -8.45. The Morgan fingerprint density at radius 3 is 0.909 bits per heavy atom. The molecule has 0 atom stereocenters. The van der Waals surface area contributed by atoms with Gasteiger partial charge in [0.05, 0.1) is 0 Å². The number of halogens is 13. The summed E-state index contributed by atoms with van der Waals surface area (Å²) in [5.41, 5.74) is -6.69. The Morgan fingerprint density at radius 2 is 0.773 bits per heavy atom. The fraction of sp³-hybridized carbons (Fsp3) is 1.00. The molecule has 0 bridgehead atoms. The molecule has 0 saturated carbocycles. The Morgan fingerprint density at radius 1 is 0.545 bits per heavy atom. The van der Waals surface area contributed by atoms with Gasteiger partial charge in [0.1, 0.15) is 0 Å². The van der Waals surface area contributed by atoms with Crippen molar-refractivity contribution in [2.75, 3.05) is 0 Å². The van der Waals surface area contributed by atoms with Crippen LogP contribution in [0, 0.1) is 0 Å². The Bertz CT molecular complexity index is 329. The van der Waals surface area contributed by atoms with Crippen molar-refractivity contribution in [2.45, 2.75) is 31.1 Å². The van der Waals surface area contributed by atoms with E-state index in [1.165, 1.54) is 0 Å². The Hall–Kier alpha value is -0.813. The molecule has 0 spiro atoms. The Kier molecular flexibility index (Phi) is 5.78. The molecule has 0 fully saturated rings. The smallest absolute Gasteiger partial charge is 0.280 e. The molecule has 0 aliphatic rings. The largest absolute Gasteiger partial charge is 0.600 e. The molecule has 134 valence electrons. The van der Waals surface area contributed by atoms with Gasteiger partial charge in [-0.25, -0.2) is 8.78 Å². The molecule has 0 aromatic carbocycles. The van der Waals surface area contributed by atoms with E-state index in [4.69, 9.17) is 0 Å². The van der Waals surface area contributed by atoms with Gasteiger partial charge in [0.25, 0.3) is 0 Å². The molecule has 0 aliphatic heterocycles. The topological polar surface area (TPSA) is 27.7 Å². The highest BCUT2D eigenvalue weighted by Gasteiger charge is 2.79. The monoisotopic (exact) mass is 384 g/mol. The van der Waals surface area contributed by atoms with Gasteiger partial charge in [0.2, 0.25) is 0 Å². The zero-order valence-electron chi connectivity index (χ0n) is 9.22. The maximum atomic E-state index is 12.9. The van der Waals surface area contributed by atoms with Crippen molar-refractivity contribution in [3.63, 3.8) is 0 Å². The van der Waals surface area contributed by atoms with Crippen LogP contribution in [-0.2, 0) is 13.3 Å². The highest BCUT2D eigenvalue weighted by Crippen LogP contribution is 2.45. The molecule has 0 N–H and O–H groups in total. The summed E-state index contributed by atoms with van der Waals surface area (Å²) in [4.78, 5) is 0. The van der Waals surface area contributed by atoms with Crippen molar-refractivity contribution in [2.24, 2.45) is 0 Å². The molecule has 0 unspecified atom stereocenters. The summed E-state index contributed by atoms with van der Waals surface area (Å²) in [5.74, 6) is 0. The van der Waals surface area contributed by atoms with E-state index in [1.54, 1.807) is 0 Å². The minimum atomic E-state index is -8.45. The molecule has 0 aliphatic carbocycles. The van der Waals surface area contributed by atoms with Crippen molar-refractivity contribution in [3.05, 3.63) is 0 Å². The van der Waals surface area contributed by atoms with E-state index in [2.05, 4.69) is 0 Å². The predicted octanol–water partition coefficient (Wildman–Crippen LogP) is 3.97. The third-order valence-corrected chi connectivity index (χ3v) is 3.97. The van der Waals surface area contributed by atoms with E-state index in [0.29, 0.717) is 0 Å². The molecule has 17 heteroatoms. The molecule has 0 rings (SSSR count). The second kappa shape index (κ2) is 6.00. The van der Waals surface area contributed by atoms with Crippen molar-refractivity contribution in [1.29, 1.82) is 0 Å². The van der Waals surface area contributed by atoms with Gasteiger partial charge in [0.15, 0.2) is 0 Å². The van der Waals surface area contributed by atoms with Gasteiger partial charge >= 0.3 is 39.9 Å². The van der Waals surface area contributed by atoms with Crippen molar-refractivity contribution in [1.82, 2.24) is 0 Å². The van der Waals surface area contributed by atoms with Crippen LogP contribution in [0.4, 0.5) is 57.1 Å². The molecule has 0 aromatic rings. The summed E-state index contributed by atoms with van der Waals surface area (Å²) in [6.07, 6.45) is -25.4. The molecule has 0 amide bonds. The van der Waals surface area contributed by atoms with Crippen LogP contribution in [0.3, 0.4) is 0 Å². The van der Waals surface area contributed by atoms with Crippen LogP contribution in [0.15, 0.2) is 0 Å². The number of rotatable bonds is 5. The summed E-state index contributed by atoms with van der Waals surface area (Å²) < 4.78 is 162. The second-order valence-electron chi connectivity index (χ2n) is 3.12. The van der Waals surface area contributed by atoms with E-state index in [1.807, 2.05) is 13.3 Å². The summed E-state index contributed by atoms with van der Waals surface area (Å²) in [5, 5.41) is 0. The molecular formula is C5HF13O3Si. The quantitative estimate of drug-likeness (QED) is 0.531. The highest BCUT2D eigenvalue weighted by atomic mass is 28.4. The maximum absolute atomic E-state index is 12.9. The minimum Gasteiger partial charge on any atom is -0.280 e. The van der Waals surface area contributed by atoms with Crippen molar-refractivity contribution >= 4 is 8.80 Å². The van der Waals surface area contributed by atoms with E-state index < -0.39 is 39.9 Å². The van der Waals surface area contributed by atoms with Crippen molar-refractivity contribution in [3.8, 4) is 0 Å². The van der Waals surface area contributed by atoms with Gasteiger partial charge in [-0.2, -0.15) is 8.78 Å². The van der Waals surface area contributed by atoms with E-state index in [9.17, 15) is 57.1 Å². The fourth-order valence-corrected chi connectivity index (χ4v) is 2.57. The van der Waals surface area contributed by atoms with E-state index in [0.717, 1.165) is 0 Å². The van der Waals surface area contributed by atoms with Gasteiger partial charge in [-0.15, -0.1) is 39.5 Å². The number of alkyl halides is 13. The Balaban J connectivity index is 6.14. The minimum absolute atomic E-state index is 1.93. The van der Waals surface area contributed by atoms with Crippen LogP contribution < -0.4 is 0 Å². The molecular weight excluding hydrogens is 383 g/mol. The molecule has 0 saturated heterocycles. The lowest BCUT2D eigenvalue weighted by Crippen LogP contribution is -2.68. The number of hydrogen-bond acceptors (Lipinski definition) is 3. The zero-order chi connectivity index (χ0) is 18.2. The summed E-state index contributed by atoms with van der Waals surface area (Å²) >= 11 is 0. The molecule has 0 heterocycles. The lowest BCUT2D eigenvalue weighted by atomic mass is 10.7. The first-order valence-electron chi connectivity index (χ1n) is 4.28. The first-order chi connectivity index (χ1) is 9.31. The van der Waals surface area contributed by atoms with Crippen LogP contribution in [0.1, 0.15) is 0 Å².